The maximum atomic E-state index is 15.7. The number of nitrogens with one attached hydrogen (secondary N) is 1. The Labute approximate surface area is 199 Å². The third kappa shape index (κ3) is 3.45. The molecule has 8 nitrogen and oxygen atoms in total. The maximum Gasteiger partial charge on any atom is 0.274 e. The normalized spacial score (nSPS) is 28.9. The van der Waals surface area contributed by atoms with Gasteiger partial charge in [0.2, 0.25) is 5.82 Å². The van der Waals surface area contributed by atoms with Crippen LogP contribution in [-0.2, 0) is 10.2 Å². The number of carbonyl (C=O) groups excluding carboxylic acids is 1. The van der Waals surface area contributed by atoms with Gasteiger partial charge in [0.05, 0.1) is 30.0 Å². The van der Waals surface area contributed by atoms with Crippen molar-refractivity contribution >= 4 is 17.2 Å². The molecule has 7 rings (SSSR count). The molecule has 0 aromatic carbocycles. The second-order valence-corrected chi connectivity index (χ2v) is 10.5. The van der Waals surface area contributed by atoms with Crippen LogP contribution in [0, 0.1) is 5.82 Å². The first kappa shape index (κ1) is 22.2. The lowest BCUT2D eigenvalue weighted by atomic mass is 9.62. The van der Waals surface area contributed by atoms with Crippen LogP contribution in [-0.4, -0.2) is 44.3 Å². The van der Waals surface area contributed by atoms with Crippen molar-refractivity contribution in [3.8, 4) is 5.75 Å². The first-order valence-corrected chi connectivity index (χ1v) is 11.8. The summed E-state index contributed by atoms with van der Waals surface area (Å²) in [6.07, 6.45) is 5.09. The minimum absolute atomic E-state index is 0.0188. The largest absolute Gasteiger partial charge is 0.487 e. The number of hydrogen-bond acceptors (Lipinski definition) is 5. The summed E-state index contributed by atoms with van der Waals surface area (Å²) < 4.78 is 43.5. The quantitative estimate of drug-likeness (QED) is 0.576. The molecule has 0 spiro atoms. The number of alkyl halides is 1. The molecule has 4 fully saturated rings. The molecule has 0 radical (unpaired) electrons. The van der Waals surface area contributed by atoms with Gasteiger partial charge < -0.3 is 23.8 Å². The van der Waals surface area contributed by atoms with Crippen LogP contribution in [0.1, 0.15) is 62.1 Å². The Morgan fingerprint density at radius 3 is 2.71 bits per heavy atom. The number of ether oxygens (including phenoxy) is 2. The Morgan fingerprint density at radius 1 is 1.34 bits per heavy atom. The number of anilines is 1. The Hall–Kier alpha value is -3.27. The smallest absolute Gasteiger partial charge is 0.274 e. The lowest BCUT2D eigenvalue weighted by Crippen LogP contribution is -2.45. The van der Waals surface area contributed by atoms with Crippen LogP contribution in [0.15, 0.2) is 35.5 Å². The summed E-state index contributed by atoms with van der Waals surface area (Å²) in [5, 5.41) is 2.56. The number of fused-ring (bicyclic) bond motifs is 2. The number of amides is 1. The molecule has 35 heavy (non-hydrogen) atoms. The van der Waals surface area contributed by atoms with Gasteiger partial charge in [-0.25, -0.2) is 9.37 Å². The molecule has 10 heteroatoms. The molecule has 1 amide bonds. The highest BCUT2D eigenvalue weighted by atomic mass is 19.1. The number of carbonyl (C=O) groups is 1. The molecule has 2 bridgehead atoms. The van der Waals surface area contributed by atoms with Crippen molar-refractivity contribution in [2.24, 2.45) is 0 Å². The Morgan fingerprint density at radius 2 is 2.09 bits per heavy atom. The molecular weight excluding hydrogens is 458 g/mol. The Bertz CT molecular complexity index is 1420. The van der Waals surface area contributed by atoms with Gasteiger partial charge in [-0.05, 0) is 45.7 Å². The van der Waals surface area contributed by atoms with Crippen LogP contribution in [0.2, 0.25) is 0 Å². The molecular formula is C25H26F2N4O4. The summed E-state index contributed by atoms with van der Waals surface area (Å²) in [5.41, 5.74) is -0.234. The molecule has 2 atom stereocenters. The van der Waals surface area contributed by atoms with E-state index in [4.69, 9.17) is 9.47 Å². The van der Waals surface area contributed by atoms with Gasteiger partial charge in [0.25, 0.3) is 11.5 Å². The molecule has 2 saturated heterocycles. The third-order valence-electron chi connectivity index (χ3n) is 7.16. The number of aromatic nitrogens is 3. The fourth-order valence-electron chi connectivity index (χ4n) is 5.49. The van der Waals surface area contributed by atoms with Crippen molar-refractivity contribution in [2.45, 2.75) is 69.4 Å². The number of imidazole rings is 1. The topological polar surface area (TPSA) is 86.9 Å². The minimum Gasteiger partial charge on any atom is -0.487 e. The Balaban J connectivity index is 1.39. The van der Waals surface area contributed by atoms with Crippen molar-refractivity contribution in [1.29, 1.82) is 0 Å². The number of rotatable bonds is 6. The number of pyridine rings is 2. The van der Waals surface area contributed by atoms with Crippen LogP contribution in [0.25, 0.3) is 5.65 Å². The van der Waals surface area contributed by atoms with E-state index in [1.807, 2.05) is 0 Å². The molecule has 2 saturated carbocycles. The minimum atomic E-state index is -1.07. The second-order valence-electron chi connectivity index (χ2n) is 10.5. The standard InChI is InChI=1S/C25H26F2N4O4/c1-13(2)35-20-14(22(32)28-16-5-4-6-31(23(16)33)17-7-15(17)26)8-30-9-18(29-21(30)19(20)27)25-10-24(3,11-25)34-12-25/h4-6,8-9,13,15,17H,7,10-12H2,1-3H3,(H,28,32)/t15?,17?,24-,25-. The van der Waals surface area contributed by atoms with E-state index < -0.39 is 35.6 Å². The van der Waals surface area contributed by atoms with E-state index in [0.29, 0.717) is 6.61 Å². The first-order chi connectivity index (χ1) is 16.6. The second kappa shape index (κ2) is 7.36. The third-order valence-corrected chi connectivity index (χ3v) is 7.16. The first-order valence-electron chi connectivity index (χ1n) is 11.8. The summed E-state index contributed by atoms with van der Waals surface area (Å²) in [4.78, 5) is 30.6. The summed E-state index contributed by atoms with van der Waals surface area (Å²) >= 11 is 0. The van der Waals surface area contributed by atoms with E-state index in [1.165, 1.54) is 27.4 Å². The zero-order chi connectivity index (χ0) is 24.7. The van der Waals surface area contributed by atoms with E-state index in [2.05, 4.69) is 17.2 Å². The highest BCUT2D eigenvalue weighted by Gasteiger charge is 2.61. The van der Waals surface area contributed by atoms with Crippen LogP contribution in [0.3, 0.4) is 0 Å². The summed E-state index contributed by atoms with van der Waals surface area (Å²) in [5.74, 6) is -1.69. The lowest BCUT2D eigenvalue weighted by Gasteiger charge is -2.41. The van der Waals surface area contributed by atoms with E-state index in [-0.39, 0.29) is 40.1 Å². The van der Waals surface area contributed by atoms with Gasteiger partial charge in [-0.3, -0.25) is 9.59 Å². The number of hydrogen-bond donors (Lipinski definition) is 1. The van der Waals surface area contributed by atoms with Crippen LogP contribution >= 0.6 is 0 Å². The van der Waals surface area contributed by atoms with Crippen LogP contribution in [0.5, 0.6) is 5.75 Å². The SMILES string of the molecule is CC(C)Oc1c(C(=O)Nc2cccn(C3CC3F)c2=O)cn2cc([C@]34CO[C@](C)(C3)C4)nc2c1F. The Kier molecular flexibility index (Phi) is 4.67. The molecule has 5 heterocycles. The number of halogens is 2. The van der Waals surface area contributed by atoms with Crippen molar-refractivity contribution in [2.75, 3.05) is 11.9 Å². The summed E-state index contributed by atoms with van der Waals surface area (Å²) in [7, 11) is 0. The predicted octanol–water partition coefficient (Wildman–Crippen LogP) is 3.78. The zero-order valence-corrected chi connectivity index (χ0v) is 19.7. The highest BCUT2D eigenvalue weighted by Crippen LogP contribution is 2.58. The van der Waals surface area contributed by atoms with Crippen molar-refractivity contribution in [1.82, 2.24) is 14.0 Å². The van der Waals surface area contributed by atoms with Crippen LogP contribution < -0.4 is 15.6 Å². The summed E-state index contributed by atoms with van der Waals surface area (Å²) in [6.45, 7) is 6.04. The maximum absolute atomic E-state index is 15.7. The van der Waals surface area contributed by atoms with Gasteiger partial charge in [-0.15, -0.1) is 0 Å². The molecule has 184 valence electrons. The molecule has 1 N–H and O–H groups in total. The van der Waals surface area contributed by atoms with E-state index in [1.54, 1.807) is 26.1 Å². The van der Waals surface area contributed by atoms with E-state index >= 15 is 4.39 Å². The predicted molar refractivity (Wildman–Crippen MR) is 123 cm³/mol. The van der Waals surface area contributed by atoms with Gasteiger partial charge in [-0.1, -0.05) is 0 Å². The molecule has 4 aliphatic rings. The fraction of sp³-hybridized carbons (Fsp3) is 0.480. The van der Waals surface area contributed by atoms with Crippen LogP contribution in [0.4, 0.5) is 14.5 Å². The van der Waals surface area contributed by atoms with Crippen molar-refractivity contribution < 1.29 is 23.0 Å². The zero-order valence-electron chi connectivity index (χ0n) is 19.7. The number of nitrogens with zero attached hydrogens (tertiary/aromatic N) is 3. The van der Waals surface area contributed by atoms with Crippen molar-refractivity contribution in [3.63, 3.8) is 0 Å². The van der Waals surface area contributed by atoms with Gasteiger partial charge in [0.15, 0.2) is 11.4 Å². The molecule has 2 unspecified atom stereocenters. The van der Waals surface area contributed by atoms with Gasteiger partial charge in [-0.2, -0.15) is 4.39 Å². The van der Waals surface area contributed by atoms with E-state index in [9.17, 15) is 14.0 Å². The van der Waals surface area contributed by atoms with E-state index in [0.717, 1.165) is 18.5 Å². The average Bonchev–Trinajstić information content (AvgIpc) is 3.11. The molecule has 3 aromatic heterocycles. The van der Waals surface area contributed by atoms with Gasteiger partial charge >= 0.3 is 0 Å². The highest BCUT2D eigenvalue weighted by molar-refractivity contribution is 6.06. The van der Waals surface area contributed by atoms with Crippen molar-refractivity contribution in [3.05, 3.63) is 58.2 Å². The fourth-order valence-corrected chi connectivity index (χ4v) is 5.49. The average molecular weight is 485 g/mol. The molecule has 2 aliphatic carbocycles. The van der Waals surface area contributed by atoms with Gasteiger partial charge in [0.1, 0.15) is 17.4 Å². The lowest BCUT2D eigenvalue weighted by molar-refractivity contribution is 0.0154. The molecule has 3 aromatic rings. The monoisotopic (exact) mass is 484 g/mol. The van der Waals surface area contributed by atoms with Gasteiger partial charge in [0, 0.05) is 30.4 Å². The molecule has 2 aliphatic heterocycles. The summed E-state index contributed by atoms with van der Waals surface area (Å²) in [6, 6.07) is 2.48.